The molecule has 0 radical (unpaired) electrons. The van der Waals surface area contributed by atoms with Gasteiger partial charge in [0, 0.05) is 6.92 Å². The van der Waals surface area contributed by atoms with Crippen LogP contribution in [0.2, 0.25) is 0 Å². The number of allylic oxidation sites excluding steroid dienone is 2. The molecule has 0 aromatic carbocycles. The average Bonchev–Trinajstić information content (AvgIpc) is 3.06. The maximum atomic E-state index is 10.4. The van der Waals surface area contributed by atoms with Crippen molar-refractivity contribution in [2.24, 2.45) is 0 Å². The van der Waals surface area contributed by atoms with E-state index in [0.717, 1.165) is 0 Å². The Balaban J connectivity index is 0. The first-order chi connectivity index (χ1) is 14.3. The lowest BCUT2D eigenvalue weighted by molar-refractivity contribution is -0.148. The van der Waals surface area contributed by atoms with Gasteiger partial charge in [0.15, 0.2) is 0 Å². The van der Waals surface area contributed by atoms with E-state index in [2.05, 4.69) is 44.6 Å². The lowest BCUT2D eigenvalue weighted by Crippen LogP contribution is -2.41. The summed E-state index contributed by atoms with van der Waals surface area (Å²) in [5.74, 6) is -0.517. The molecule has 6 heteroatoms. The van der Waals surface area contributed by atoms with Crippen molar-refractivity contribution in [3.8, 4) is 0 Å². The van der Waals surface area contributed by atoms with Crippen LogP contribution in [0.1, 0.15) is 98.8 Å². The number of carbonyl (C=O) groups is 1. The molecule has 0 aromatic rings. The fraction of sp³-hybridized carbons (Fsp3) is 0.875. The van der Waals surface area contributed by atoms with Crippen LogP contribution in [0.3, 0.4) is 0 Å². The number of rotatable bonds is 12. The fourth-order valence-electron chi connectivity index (χ4n) is 2.82. The highest BCUT2D eigenvalue weighted by Crippen LogP contribution is 2.17. The Morgan fingerprint density at radius 1 is 1.03 bits per heavy atom. The normalized spacial score (nSPS) is 21.4. The van der Waals surface area contributed by atoms with Gasteiger partial charge in [0.1, 0.15) is 31.0 Å². The molecule has 0 saturated carbocycles. The lowest BCUT2D eigenvalue weighted by atomic mass is 10.1. The summed E-state index contributed by atoms with van der Waals surface area (Å²) in [5, 5.41) is 27.8. The summed E-state index contributed by atoms with van der Waals surface area (Å²) in [6.45, 7) is 9.73. The number of aliphatic hydroxyl groups excluding tert-OH is 3. The molecule has 30 heavy (non-hydrogen) atoms. The van der Waals surface area contributed by atoms with Crippen molar-refractivity contribution in [3.05, 3.63) is 12.2 Å². The van der Waals surface area contributed by atoms with Crippen molar-refractivity contribution in [2.45, 2.75) is 123 Å². The van der Waals surface area contributed by atoms with Crippen molar-refractivity contribution in [1.29, 1.82) is 0 Å². The van der Waals surface area contributed by atoms with Gasteiger partial charge in [0.05, 0.1) is 6.61 Å². The molecular formula is C24H48O6. The summed E-state index contributed by atoms with van der Waals surface area (Å²) in [6, 6.07) is 0. The molecule has 1 rings (SSSR count). The molecule has 0 amide bonds. The van der Waals surface area contributed by atoms with E-state index in [-0.39, 0.29) is 13.2 Å². The number of aliphatic hydroxyl groups is 3. The van der Waals surface area contributed by atoms with Gasteiger partial charge < -0.3 is 24.8 Å². The topological polar surface area (TPSA) is 96.2 Å². The molecule has 0 unspecified atom stereocenters. The highest BCUT2D eigenvalue weighted by molar-refractivity contribution is 5.65. The van der Waals surface area contributed by atoms with Gasteiger partial charge in [-0.3, -0.25) is 4.79 Å². The summed E-state index contributed by atoms with van der Waals surface area (Å²) in [5.41, 5.74) is 0. The molecular weight excluding hydrogens is 384 g/mol. The second-order valence-electron chi connectivity index (χ2n) is 7.70. The van der Waals surface area contributed by atoms with E-state index < -0.39 is 30.4 Å². The summed E-state index contributed by atoms with van der Waals surface area (Å²) >= 11 is 0. The van der Waals surface area contributed by atoms with Crippen LogP contribution < -0.4 is 0 Å². The Hall–Kier alpha value is -0.950. The van der Waals surface area contributed by atoms with Crippen molar-refractivity contribution in [2.75, 3.05) is 13.2 Å². The molecule has 6 nitrogen and oxygen atoms in total. The van der Waals surface area contributed by atoms with Gasteiger partial charge in [-0.2, -0.15) is 0 Å². The number of hydrogen-bond acceptors (Lipinski definition) is 6. The molecule has 1 saturated heterocycles. The molecule has 0 spiro atoms. The summed E-state index contributed by atoms with van der Waals surface area (Å²) < 4.78 is 9.47. The molecule has 0 bridgehead atoms. The first-order valence-electron chi connectivity index (χ1n) is 11.8. The second-order valence-corrected chi connectivity index (χ2v) is 7.70. The van der Waals surface area contributed by atoms with Gasteiger partial charge in [-0.15, -0.1) is 0 Å². The number of esters is 1. The maximum Gasteiger partial charge on any atom is 0.302 e. The Kier molecular flexibility index (Phi) is 23.7. The molecule has 1 heterocycles. The highest BCUT2D eigenvalue weighted by atomic mass is 16.6. The van der Waals surface area contributed by atoms with E-state index >= 15 is 0 Å². The minimum absolute atomic E-state index is 0.0248. The third kappa shape index (κ3) is 19.0. The van der Waals surface area contributed by atoms with E-state index in [1.165, 1.54) is 71.1 Å². The van der Waals surface area contributed by atoms with Crippen molar-refractivity contribution < 1.29 is 29.6 Å². The van der Waals surface area contributed by atoms with Gasteiger partial charge in [-0.05, 0) is 19.8 Å². The smallest absolute Gasteiger partial charge is 0.302 e. The van der Waals surface area contributed by atoms with E-state index in [9.17, 15) is 15.0 Å². The fourth-order valence-corrected chi connectivity index (χ4v) is 2.82. The first kappa shape index (κ1) is 31.2. The molecule has 1 fully saturated rings. The largest absolute Gasteiger partial charge is 0.463 e. The molecule has 180 valence electrons. The number of carbonyl (C=O) groups excluding carboxylic acids is 1. The molecule has 0 aromatic heterocycles. The van der Waals surface area contributed by atoms with Crippen LogP contribution in [0, 0.1) is 0 Å². The average molecular weight is 433 g/mol. The molecule has 3 N–H and O–H groups in total. The van der Waals surface area contributed by atoms with Crippen molar-refractivity contribution in [3.63, 3.8) is 0 Å². The highest BCUT2D eigenvalue weighted by Gasteiger charge is 2.39. The Morgan fingerprint density at radius 3 is 2.03 bits per heavy atom. The Labute approximate surface area is 184 Å². The number of unbranched alkanes of at least 4 members (excludes halogenated alkanes) is 8. The number of hydrogen-bond donors (Lipinski definition) is 3. The van der Waals surface area contributed by atoms with Crippen LogP contribution in [0.15, 0.2) is 12.2 Å². The SMILES string of the molecule is CC(=O)OC[C@@H](O)[C@H]1OC[C@H](O)[C@H]1O.CC=CCCCCCCCC.CCCCC. The first-order valence-corrected chi connectivity index (χ1v) is 11.8. The van der Waals surface area contributed by atoms with E-state index in [1.54, 1.807) is 0 Å². The van der Waals surface area contributed by atoms with E-state index in [0.29, 0.717) is 0 Å². The summed E-state index contributed by atoms with van der Waals surface area (Å²) in [7, 11) is 0. The van der Waals surface area contributed by atoms with Crippen molar-refractivity contribution in [1.82, 2.24) is 0 Å². The van der Waals surface area contributed by atoms with Gasteiger partial charge in [0.25, 0.3) is 0 Å². The second kappa shape index (κ2) is 22.7. The van der Waals surface area contributed by atoms with Crippen LogP contribution in [-0.2, 0) is 14.3 Å². The van der Waals surface area contributed by atoms with Crippen LogP contribution in [0.5, 0.6) is 0 Å². The molecule has 4 atom stereocenters. The molecule has 1 aliphatic rings. The predicted octanol–water partition coefficient (Wildman–Crippen LogP) is 4.54. The van der Waals surface area contributed by atoms with Gasteiger partial charge >= 0.3 is 5.97 Å². The Bertz CT molecular complexity index is 397. The van der Waals surface area contributed by atoms with Crippen molar-refractivity contribution >= 4 is 5.97 Å². The van der Waals surface area contributed by atoms with Gasteiger partial charge in [-0.1, -0.05) is 84.3 Å². The van der Waals surface area contributed by atoms with Gasteiger partial charge in [0.2, 0.25) is 0 Å². The summed E-state index contributed by atoms with van der Waals surface area (Å²) in [4.78, 5) is 10.4. The zero-order valence-electron chi connectivity index (χ0n) is 20.0. The third-order valence-corrected chi connectivity index (χ3v) is 4.69. The quantitative estimate of drug-likeness (QED) is 0.238. The Morgan fingerprint density at radius 2 is 1.60 bits per heavy atom. The predicted molar refractivity (Wildman–Crippen MR) is 122 cm³/mol. The summed E-state index contributed by atoms with van der Waals surface area (Å²) in [6.07, 6.45) is 14.1. The monoisotopic (exact) mass is 432 g/mol. The molecule has 1 aliphatic heterocycles. The van der Waals surface area contributed by atoms with E-state index in [4.69, 9.17) is 9.84 Å². The zero-order valence-corrected chi connectivity index (χ0v) is 20.0. The van der Waals surface area contributed by atoms with E-state index in [1.807, 2.05) is 0 Å². The lowest BCUT2D eigenvalue weighted by Gasteiger charge is -2.20. The zero-order chi connectivity index (χ0) is 23.2. The molecule has 0 aliphatic carbocycles. The van der Waals surface area contributed by atoms with Gasteiger partial charge in [-0.25, -0.2) is 0 Å². The third-order valence-electron chi connectivity index (χ3n) is 4.69. The number of ether oxygens (including phenoxy) is 2. The van der Waals surface area contributed by atoms with Crippen LogP contribution in [0.4, 0.5) is 0 Å². The van der Waals surface area contributed by atoms with Crippen LogP contribution >= 0.6 is 0 Å². The maximum absolute atomic E-state index is 10.4. The minimum Gasteiger partial charge on any atom is -0.463 e. The minimum atomic E-state index is -1.14. The standard InChI is InChI=1S/C11H22.C8H14O6.C5H12/c1-3-5-7-9-11-10-8-6-4-2;1-4(9)13-3-6(11)8-7(12)5(10)2-14-8;1-3-5-4-2/h3,5H,4,6-11H2,1-2H3;5-8,10-12H,2-3H2,1H3;3-5H2,1-2H3/t;5-,6+,7+,8+;/m.0./s1. The van der Waals surface area contributed by atoms with Crippen LogP contribution in [0.25, 0.3) is 0 Å². The van der Waals surface area contributed by atoms with Crippen LogP contribution in [-0.4, -0.2) is 58.9 Å².